The summed E-state index contributed by atoms with van der Waals surface area (Å²) in [7, 11) is 0. The normalized spacial score (nSPS) is 10.8. The lowest BCUT2D eigenvalue weighted by atomic mass is 10.0. The number of rotatable bonds is 10. The number of hydrogen-bond acceptors (Lipinski definition) is 2. The Morgan fingerprint density at radius 3 is 1.51 bits per heavy atom. The van der Waals surface area contributed by atoms with E-state index in [1.165, 1.54) is 16.7 Å². The molecule has 0 spiro atoms. The van der Waals surface area contributed by atoms with Gasteiger partial charge in [-0.05, 0) is 84.7 Å². The molecule has 3 aromatic rings. The van der Waals surface area contributed by atoms with Gasteiger partial charge in [-0.2, -0.15) is 0 Å². The second-order valence-corrected chi connectivity index (χ2v) is 8.99. The molecular formula is C35H36O2. The van der Waals surface area contributed by atoms with Crippen molar-refractivity contribution in [3.63, 3.8) is 0 Å². The first-order valence-electron chi connectivity index (χ1n) is 13.0. The molecule has 0 aliphatic rings. The summed E-state index contributed by atoms with van der Waals surface area (Å²) in [5, 5.41) is 17.6. The summed E-state index contributed by atoms with van der Waals surface area (Å²) in [5.74, 6) is 12.7. The van der Waals surface area contributed by atoms with E-state index >= 15 is 0 Å². The van der Waals surface area contributed by atoms with Crippen molar-refractivity contribution in [3.8, 4) is 23.7 Å². The number of aliphatic hydroxyl groups is 2. The Kier molecular flexibility index (Phi) is 12.0. The molecule has 0 aromatic heterocycles. The quantitative estimate of drug-likeness (QED) is 0.178. The van der Waals surface area contributed by atoms with Crippen molar-refractivity contribution in [1.29, 1.82) is 0 Å². The maximum absolute atomic E-state index is 8.82. The van der Waals surface area contributed by atoms with Gasteiger partial charge < -0.3 is 10.2 Å². The van der Waals surface area contributed by atoms with E-state index in [1.54, 1.807) is 0 Å². The van der Waals surface area contributed by atoms with Crippen molar-refractivity contribution in [2.24, 2.45) is 0 Å². The van der Waals surface area contributed by atoms with Crippen molar-refractivity contribution in [3.05, 3.63) is 106 Å². The average molecular weight is 489 g/mol. The summed E-state index contributed by atoms with van der Waals surface area (Å²) in [6.45, 7) is 2.61. The zero-order valence-electron chi connectivity index (χ0n) is 21.7. The van der Waals surface area contributed by atoms with E-state index in [0.717, 1.165) is 60.8 Å². The van der Waals surface area contributed by atoms with E-state index in [4.69, 9.17) is 10.2 Å². The molecule has 0 bridgehead atoms. The number of hydrogen-bond donors (Lipinski definition) is 2. The van der Waals surface area contributed by atoms with Crippen LogP contribution < -0.4 is 0 Å². The molecule has 0 radical (unpaired) electrons. The van der Waals surface area contributed by atoms with Gasteiger partial charge in [-0.25, -0.2) is 0 Å². The maximum atomic E-state index is 8.82. The molecule has 37 heavy (non-hydrogen) atoms. The fourth-order valence-electron chi connectivity index (χ4n) is 3.70. The molecule has 2 nitrogen and oxygen atoms in total. The van der Waals surface area contributed by atoms with Crippen molar-refractivity contribution >= 4 is 24.3 Å². The number of unbranched alkanes of at least 4 members (excludes halogenated alkanes) is 4. The Balaban J connectivity index is 1.55. The van der Waals surface area contributed by atoms with Gasteiger partial charge in [-0.15, -0.1) is 0 Å². The summed E-state index contributed by atoms with van der Waals surface area (Å²) in [5.41, 5.74) is 7.93. The summed E-state index contributed by atoms with van der Waals surface area (Å²) in [4.78, 5) is 0. The SMILES string of the molecule is Cc1cc(/C=C/c2ccc(C#CCCCCO)cc2)ccc1/C=C/c1ccc(C#CCCCCO)cc1. The zero-order valence-corrected chi connectivity index (χ0v) is 21.7. The molecule has 0 aliphatic heterocycles. The zero-order chi connectivity index (χ0) is 26.1. The Morgan fingerprint density at radius 1 is 0.568 bits per heavy atom. The molecule has 0 fully saturated rings. The van der Waals surface area contributed by atoms with E-state index in [1.807, 2.05) is 0 Å². The first kappa shape index (κ1) is 27.8. The smallest absolute Gasteiger partial charge is 0.0431 e. The van der Waals surface area contributed by atoms with Gasteiger partial charge in [0.25, 0.3) is 0 Å². The van der Waals surface area contributed by atoms with Crippen LogP contribution in [0.5, 0.6) is 0 Å². The van der Waals surface area contributed by atoms with E-state index in [9.17, 15) is 0 Å². The summed E-state index contributed by atoms with van der Waals surface area (Å²) < 4.78 is 0. The lowest BCUT2D eigenvalue weighted by Crippen LogP contribution is -1.83. The second-order valence-electron chi connectivity index (χ2n) is 8.99. The molecule has 0 atom stereocenters. The highest BCUT2D eigenvalue weighted by Gasteiger charge is 1.97. The molecule has 0 saturated heterocycles. The molecule has 3 rings (SSSR count). The number of aliphatic hydroxyl groups excluding tert-OH is 2. The monoisotopic (exact) mass is 488 g/mol. The highest BCUT2D eigenvalue weighted by atomic mass is 16.3. The van der Waals surface area contributed by atoms with Crippen LogP contribution in [0.15, 0.2) is 66.7 Å². The molecule has 0 unspecified atom stereocenters. The highest BCUT2D eigenvalue weighted by Crippen LogP contribution is 2.17. The molecule has 2 N–H and O–H groups in total. The average Bonchev–Trinajstić information content (AvgIpc) is 2.92. The fraction of sp³-hybridized carbons (Fsp3) is 0.257. The molecule has 0 saturated carbocycles. The van der Waals surface area contributed by atoms with E-state index in [-0.39, 0.29) is 13.2 Å². The largest absolute Gasteiger partial charge is 0.396 e. The first-order chi connectivity index (χ1) is 18.2. The second kappa shape index (κ2) is 16.0. The maximum Gasteiger partial charge on any atom is 0.0431 e. The van der Waals surface area contributed by atoms with Gasteiger partial charge in [0.05, 0.1) is 0 Å². The van der Waals surface area contributed by atoms with Crippen LogP contribution in [-0.2, 0) is 0 Å². The van der Waals surface area contributed by atoms with Crippen molar-refractivity contribution in [2.75, 3.05) is 13.2 Å². The molecule has 0 heterocycles. The Labute approximate surface area is 222 Å². The van der Waals surface area contributed by atoms with E-state index in [0.29, 0.717) is 0 Å². The van der Waals surface area contributed by atoms with Gasteiger partial charge in [0.2, 0.25) is 0 Å². The number of benzene rings is 3. The lowest BCUT2D eigenvalue weighted by Gasteiger charge is -2.03. The number of aryl methyl sites for hydroxylation is 1. The third-order valence-corrected chi connectivity index (χ3v) is 5.92. The summed E-state index contributed by atoms with van der Waals surface area (Å²) in [6.07, 6.45) is 13.7. The van der Waals surface area contributed by atoms with Gasteiger partial charge in [0.1, 0.15) is 0 Å². The Bertz CT molecular complexity index is 1290. The fourth-order valence-corrected chi connectivity index (χ4v) is 3.70. The molecule has 3 aromatic carbocycles. The van der Waals surface area contributed by atoms with Crippen LogP contribution in [0.1, 0.15) is 77.5 Å². The first-order valence-corrected chi connectivity index (χ1v) is 13.0. The van der Waals surface area contributed by atoms with Gasteiger partial charge in [0, 0.05) is 37.2 Å². The Morgan fingerprint density at radius 2 is 1.03 bits per heavy atom. The van der Waals surface area contributed by atoms with Gasteiger partial charge in [-0.3, -0.25) is 0 Å². The Hall–Kier alpha value is -3.82. The minimum atomic E-state index is 0.237. The minimum absolute atomic E-state index is 0.237. The third-order valence-electron chi connectivity index (χ3n) is 5.92. The van der Waals surface area contributed by atoms with Crippen LogP contribution >= 0.6 is 0 Å². The molecule has 2 heteroatoms. The van der Waals surface area contributed by atoms with E-state index in [2.05, 4.69) is 122 Å². The van der Waals surface area contributed by atoms with Crippen molar-refractivity contribution < 1.29 is 10.2 Å². The van der Waals surface area contributed by atoms with Crippen LogP contribution in [-0.4, -0.2) is 23.4 Å². The van der Waals surface area contributed by atoms with Gasteiger partial charge in [0.15, 0.2) is 0 Å². The topological polar surface area (TPSA) is 40.5 Å². The lowest BCUT2D eigenvalue weighted by molar-refractivity contribution is 0.285. The van der Waals surface area contributed by atoms with Crippen LogP contribution in [0.25, 0.3) is 24.3 Å². The predicted octanol–water partition coefficient (Wildman–Crippen LogP) is 7.36. The van der Waals surface area contributed by atoms with Crippen LogP contribution in [0.2, 0.25) is 0 Å². The standard InChI is InChI=1S/C35H36O2/c1-29-28-34(21-20-32-16-12-30(13-17-32)10-6-2-4-8-26-36)23-25-35(29)24-22-33-18-14-31(15-19-33)11-7-3-5-9-27-37/h12-25,28,36-37H,2-5,8-9,26-27H2,1H3/b21-20+,24-22+. The minimum Gasteiger partial charge on any atom is -0.396 e. The molecular weight excluding hydrogens is 452 g/mol. The predicted molar refractivity (Wildman–Crippen MR) is 158 cm³/mol. The molecule has 0 amide bonds. The van der Waals surface area contributed by atoms with Crippen LogP contribution in [0, 0.1) is 30.6 Å². The van der Waals surface area contributed by atoms with E-state index < -0.39 is 0 Å². The summed E-state index contributed by atoms with van der Waals surface area (Å²) in [6, 6.07) is 23.1. The highest BCUT2D eigenvalue weighted by molar-refractivity contribution is 5.74. The molecule has 188 valence electrons. The molecule has 0 aliphatic carbocycles. The van der Waals surface area contributed by atoms with Crippen molar-refractivity contribution in [1.82, 2.24) is 0 Å². The van der Waals surface area contributed by atoms with Crippen LogP contribution in [0.3, 0.4) is 0 Å². The summed E-state index contributed by atoms with van der Waals surface area (Å²) >= 11 is 0. The van der Waals surface area contributed by atoms with Crippen molar-refractivity contribution in [2.45, 2.75) is 45.4 Å². The third kappa shape index (κ3) is 10.4. The van der Waals surface area contributed by atoms with Crippen LogP contribution in [0.4, 0.5) is 0 Å². The van der Waals surface area contributed by atoms with Gasteiger partial charge in [-0.1, -0.05) is 90.5 Å². The van der Waals surface area contributed by atoms with Gasteiger partial charge >= 0.3 is 0 Å².